The molecule has 1 amide bonds. The summed E-state index contributed by atoms with van der Waals surface area (Å²) in [6.07, 6.45) is 0. The van der Waals surface area contributed by atoms with E-state index in [0.717, 1.165) is 22.6 Å². The van der Waals surface area contributed by atoms with E-state index in [-0.39, 0.29) is 0 Å². The van der Waals surface area contributed by atoms with Crippen LogP contribution in [-0.2, 0) is 4.79 Å². The number of anilines is 1. The summed E-state index contributed by atoms with van der Waals surface area (Å²) in [5.74, 6) is 0.988. The van der Waals surface area contributed by atoms with E-state index in [9.17, 15) is 4.79 Å². The molecule has 0 saturated carbocycles. The summed E-state index contributed by atoms with van der Waals surface area (Å²) in [5.41, 5.74) is 8.09. The Kier molecular flexibility index (Phi) is 5.23. The number of primary amides is 1. The highest BCUT2D eigenvalue weighted by Gasteiger charge is 2.24. The highest BCUT2D eigenvalue weighted by atomic mass is 16.5. The average Bonchev–Trinajstić information content (AvgIpc) is 2.65. The van der Waals surface area contributed by atoms with E-state index in [4.69, 9.17) is 10.5 Å². The summed E-state index contributed by atoms with van der Waals surface area (Å²) in [5, 5.41) is 0. The van der Waals surface area contributed by atoms with E-state index in [1.165, 1.54) is 0 Å². The van der Waals surface area contributed by atoms with Gasteiger partial charge in [-0.25, -0.2) is 0 Å². The highest BCUT2D eigenvalue weighted by molar-refractivity contribution is 5.85. The third-order valence-electron chi connectivity index (χ3n) is 4.19. The quantitative estimate of drug-likeness (QED) is 0.724. The Morgan fingerprint density at radius 1 is 0.962 bits per heavy atom. The van der Waals surface area contributed by atoms with E-state index in [2.05, 4.69) is 6.92 Å². The molecule has 0 saturated heterocycles. The number of ether oxygens (including phenoxy) is 1. The van der Waals surface area contributed by atoms with Crippen LogP contribution in [0, 0.1) is 6.92 Å². The van der Waals surface area contributed by atoms with E-state index in [0.29, 0.717) is 5.75 Å². The predicted molar refractivity (Wildman–Crippen MR) is 104 cm³/mol. The fourth-order valence-corrected chi connectivity index (χ4v) is 2.91. The minimum Gasteiger partial charge on any atom is -0.457 e. The van der Waals surface area contributed by atoms with Crippen LogP contribution in [0.1, 0.15) is 17.2 Å². The van der Waals surface area contributed by atoms with Gasteiger partial charge in [0.15, 0.2) is 0 Å². The average molecular weight is 345 g/mol. The Balaban J connectivity index is 1.94. The monoisotopic (exact) mass is 345 g/mol. The molecule has 0 unspecified atom stereocenters. The first kappa shape index (κ1) is 17.5. The molecular weight excluding hydrogens is 324 g/mol. The normalized spacial score (nSPS) is 11.6. The van der Waals surface area contributed by atoms with Crippen molar-refractivity contribution in [2.45, 2.75) is 6.04 Å². The molecule has 3 aromatic rings. The number of carbonyl (C=O) groups excluding carboxylic acids is 1. The molecule has 4 nitrogen and oxygen atoms in total. The van der Waals surface area contributed by atoms with Crippen LogP contribution in [0.15, 0.2) is 78.9 Å². The van der Waals surface area contributed by atoms with Crippen molar-refractivity contribution in [3.63, 3.8) is 0 Å². The summed E-state index contributed by atoms with van der Waals surface area (Å²) < 4.78 is 5.90. The van der Waals surface area contributed by atoms with Gasteiger partial charge in [-0.15, -0.1) is 0 Å². The van der Waals surface area contributed by atoms with Crippen molar-refractivity contribution in [2.24, 2.45) is 5.73 Å². The van der Waals surface area contributed by atoms with Crippen LogP contribution in [0.3, 0.4) is 0 Å². The Morgan fingerprint density at radius 2 is 1.58 bits per heavy atom. The number of likely N-dealkylation sites (N-methyl/N-ethyl adjacent to an activating group) is 1. The van der Waals surface area contributed by atoms with Crippen molar-refractivity contribution >= 4 is 11.6 Å². The predicted octanol–water partition coefficient (Wildman–Crippen LogP) is 4.32. The smallest absolute Gasteiger partial charge is 0.244 e. The minimum atomic E-state index is -0.594. The molecule has 26 heavy (non-hydrogen) atoms. The number of carbonyl (C=O) groups is 1. The van der Waals surface area contributed by atoms with Gasteiger partial charge in [-0.1, -0.05) is 54.6 Å². The maximum absolute atomic E-state index is 12.1. The van der Waals surface area contributed by atoms with Crippen LogP contribution in [0.2, 0.25) is 0 Å². The van der Waals surface area contributed by atoms with Crippen LogP contribution < -0.4 is 15.4 Å². The molecule has 0 aliphatic carbocycles. The van der Waals surface area contributed by atoms with Crippen LogP contribution in [0.5, 0.6) is 11.5 Å². The van der Waals surface area contributed by atoms with Crippen molar-refractivity contribution in [2.75, 3.05) is 11.9 Å². The molecule has 131 valence electrons. The van der Waals surface area contributed by atoms with Gasteiger partial charge < -0.3 is 15.4 Å². The summed E-state index contributed by atoms with van der Waals surface area (Å²) >= 11 is 0. The number of para-hydroxylation sites is 1. The molecule has 0 aliphatic heterocycles. The van der Waals surface area contributed by atoms with Crippen molar-refractivity contribution in [1.29, 1.82) is 0 Å². The fraction of sp³-hybridized carbons (Fsp3) is 0.0909. The third kappa shape index (κ3) is 3.86. The zero-order valence-electron chi connectivity index (χ0n) is 14.6. The minimum absolute atomic E-state index is 0.424. The second-order valence-electron chi connectivity index (χ2n) is 6.03. The first-order valence-corrected chi connectivity index (χ1v) is 8.32. The van der Waals surface area contributed by atoms with Gasteiger partial charge in [-0.3, -0.25) is 4.79 Å². The van der Waals surface area contributed by atoms with Gasteiger partial charge in [0.1, 0.15) is 17.5 Å². The van der Waals surface area contributed by atoms with Crippen LogP contribution in [0.25, 0.3) is 0 Å². The molecule has 0 bridgehead atoms. The molecule has 0 aliphatic rings. The lowest BCUT2D eigenvalue weighted by molar-refractivity contribution is -0.119. The number of hydrogen-bond acceptors (Lipinski definition) is 3. The summed E-state index contributed by atoms with van der Waals surface area (Å²) in [6, 6.07) is 24.0. The lowest BCUT2D eigenvalue weighted by Gasteiger charge is -2.29. The lowest BCUT2D eigenvalue weighted by atomic mass is 10.0. The number of benzene rings is 3. The Bertz CT molecular complexity index is 879. The molecule has 4 heteroatoms. The summed E-state index contributed by atoms with van der Waals surface area (Å²) in [6.45, 7) is 4.08. The van der Waals surface area contributed by atoms with Gasteiger partial charge in [0.2, 0.25) is 5.91 Å². The standard InChI is InChI=1S/C22H21N2O2/c1-16-13-14-19(26-18-11-7-4-8-12-18)15-20(16)24(2)21(22(23)25)17-9-5-3-6-10-17/h3-15,21H,1H2,2H3,(H2,23,25)/t21-/m0/s1. The Labute approximate surface area is 153 Å². The Hall–Kier alpha value is -3.27. The van der Waals surface area contributed by atoms with Crippen molar-refractivity contribution < 1.29 is 9.53 Å². The molecule has 0 aromatic heterocycles. The molecular formula is C22H21N2O2. The maximum Gasteiger partial charge on any atom is 0.244 e. The van der Waals surface area contributed by atoms with Crippen LogP contribution in [-0.4, -0.2) is 13.0 Å². The maximum atomic E-state index is 12.1. The number of rotatable bonds is 6. The van der Waals surface area contributed by atoms with Crippen molar-refractivity contribution in [3.8, 4) is 11.5 Å². The highest BCUT2D eigenvalue weighted by Crippen LogP contribution is 2.32. The molecule has 2 N–H and O–H groups in total. The van der Waals surface area contributed by atoms with Crippen LogP contribution in [0.4, 0.5) is 5.69 Å². The first-order chi connectivity index (χ1) is 12.6. The van der Waals surface area contributed by atoms with Gasteiger partial charge in [-0.05, 0) is 36.2 Å². The zero-order valence-corrected chi connectivity index (χ0v) is 14.6. The van der Waals surface area contributed by atoms with Gasteiger partial charge in [0, 0.05) is 18.8 Å². The molecule has 3 aromatic carbocycles. The van der Waals surface area contributed by atoms with Gasteiger partial charge in [-0.2, -0.15) is 0 Å². The lowest BCUT2D eigenvalue weighted by Crippen LogP contribution is -2.35. The van der Waals surface area contributed by atoms with Gasteiger partial charge >= 0.3 is 0 Å². The topological polar surface area (TPSA) is 55.6 Å². The molecule has 3 rings (SSSR count). The molecule has 0 fully saturated rings. The largest absolute Gasteiger partial charge is 0.457 e. The van der Waals surface area contributed by atoms with Gasteiger partial charge in [0.05, 0.1) is 0 Å². The van der Waals surface area contributed by atoms with E-state index in [1.807, 2.05) is 90.8 Å². The van der Waals surface area contributed by atoms with E-state index in [1.54, 1.807) is 0 Å². The molecule has 0 heterocycles. The summed E-state index contributed by atoms with van der Waals surface area (Å²) in [7, 11) is 1.83. The van der Waals surface area contributed by atoms with Crippen LogP contribution >= 0.6 is 0 Å². The SMILES string of the molecule is [CH2]c1ccc(Oc2ccccc2)cc1N(C)[C@H](C(N)=O)c1ccccc1. The van der Waals surface area contributed by atoms with Gasteiger partial charge in [0.25, 0.3) is 0 Å². The molecule has 1 atom stereocenters. The zero-order chi connectivity index (χ0) is 18.5. The first-order valence-electron chi connectivity index (χ1n) is 8.32. The van der Waals surface area contributed by atoms with E-state index >= 15 is 0 Å². The third-order valence-corrected chi connectivity index (χ3v) is 4.19. The van der Waals surface area contributed by atoms with Crippen molar-refractivity contribution in [3.05, 3.63) is 96.9 Å². The van der Waals surface area contributed by atoms with Crippen molar-refractivity contribution in [1.82, 2.24) is 0 Å². The number of nitrogens with zero attached hydrogens (tertiary/aromatic N) is 1. The number of nitrogens with two attached hydrogens (primary N) is 1. The number of hydrogen-bond donors (Lipinski definition) is 1. The molecule has 1 radical (unpaired) electrons. The second kappa shape index (κ2) is 7.74. The number of amides is 1. The fourth-order valence-electron chi connectivity index (χ4n) is 2.91. The Morgan fingerprint density at radius 3 is 2.19 bits per heavy atom. The van der Waals surface area contributed by atoms with E-state index < -0.39 is 11.9 Å². The molecule has 0 spiro atoms. The second-order valence-corrected chi connectivity index (χ2v) is 6.03. The summed E-state index contributed by atoms with van der Waals surface area (Å²) in [4.78, 5) is 14.0.